The number of pyridine rings is 1. The van der Waals surface area contributed by atoms with Gasteiger partial charge in [0.15, 0.2) is 0 Å². The summed E-state index contributed by atoms with van der Waals surface area (Å²) in [7, 11) is 1.57. The summed E-state index contributed by atoms with van der Waals surface area (Å²) < 4.78 is 18.6. The third-order valence-electron chi connectivity index (χ3n) is 4.61. The SMILES string of the molecule is COc1ccccc1C=NNC(=O)c1cc(-c2ccc(F)cc2)nc2ccccc12. The summed E-state index contributed by atoms with van der Waals surface area (Å²) in [6, 6.07) is 22.4. The second kappa shape index (κ2) is 8.53. The van der Waals surface area contributed by atoms with Gasteiger partial charge in [-0.05, 0) is 48.5 Å². The maximum Gasteiger partial charge on any atom is 0.272 e. The van der Waals surface area contributed by atoms with Gasteiger partial charge in [-0.25, -0.2) is 14.8 Å². The van der Waals surface area contributed by atoms with Gasteiger partial charge in [-0.1, -0.05) is 30.3 Å². The summed E-state index contributed by atoms with van der Waals surface area (Å²) in [6.07, 6.45) is 1.53. The quantitative estimate of drug-likeness (QED) is 0.387. The molecule has 0 fully saturated rings. The number of nitrogens with zero attached hydrogens (tertiary/aromatic N) is 2. The molecule has 0 aliphatic rings. The lowest BCUT2D eigenvalue weighted by atomic mass is 10.0. The van der Waals surface area contributed by atoms with Crippen molar-refractivity contribution in [3.05, 3.63) is 95.8 Å². The molecule has 0 aliphatic heterocycles. The Bertz CT molecular complexity index is 1240. The lowest BCUT2D eigenvalue weighted by Crippen LogP contribution is -2.18. The third kappa shape index (κ3) is 4.03. The van der Waals surface area contributed by atoms with E-state index in [1.165, 1.54) is 18.3 Å². The van der Waals surface area contributed by atoms with Gasteiger partial charge in [0.05, 0.1) is 30.1 Å². The molecule has 30 heavy (non-hydrogen) atoms. The van der Waals surface area contributed by atoms with Crippen molar-refractivity contribution in [1.29, 1.82) is 0 Å². The molecule has 1 N–H and O–H groups in total. The van der Waals surface area contributed by atoms with E-state index in [0.717, 1.165) is 5.56 Å². The number of amides is 1. The second-order valence-corrected chi connectivity index (χ2v) is 6.52. The number of methoxy groups -OCH3 is 1. The van der Waals surface area contributed by atoms with Crippen LogP contribution in [0.5, 0.6) is 5.75 Å². The number of aromatic nitrogens is 1. The Morgan fingerprint density at radius 1 is 1.03 bits per heavy atom. The summed E-state index contributed by atoms with van der Waals surface area (Å²) in [5.74, 6) is -0.0465. The molecule has 4 aromatic rings. The topological polar surface area (TPSA) is 63.6 Å². The molecule has 0 saturated heterocycles. The predicted octanol–water partition coefficient (Wildman–Crippen LogP) is 4.81. The molecule has 0 spiro atoms. The average molecular weight is 399 g/mol. The standard InChI is InChI=1S/C24H18FN3O2/c1-30-23-9-5-2-6-17(23)15-26-28-24(29)20-14-22(16-10-12-18(25)13-11-16)27-21-8-4-3-7-19(20)21/h2-15H,1H3,(H,28,29). The van der Waals surface area contributed by atoms with Gasteiger partial charge in [0, 0.05) is 16.5 Å². The van der Waals surface area contributed by atoms with Gasteiger partial charge >= 0.3 is 0 Å². The number of para-hydroxylation sites is 2. The van der Waals surface area contributed by atoms with Crippen LogP contribution < -0.4 is 10.2 Å². The molecule has 1 amide bonds. The number of hydrogen-bond acceptors (Lipinski definition) is 4. The van der Waals surface area contributed by atoms with E-state index in [0.29, 0.717) is 33.5 Å². The predicted molar refractivity (Wildman–Crippen MR) is 115 cm³/mol. The molecule has 5 nitrogen and oxygen atoms in total. The minimum absolute atomic E-state index is 0.330. The first-order valence-corrected chi connectivity index (χ1v) is 9.28. The van der Waals surface area contributed by atoms with Gasteiger partial charge in [0.2, 0.25) is 0 Å². The van der Waals surface area contributed by atoms with Crippen molar-refractivity contribution < 1.29 is 13.9 Å². The largest absolute Gasteiger partial charge is 0.496 e. The lowest BCUT2D eigenvalue weighted by molar-refractivity contribution is 0.0956. The fourth-order valence-corrected chi connectivity index (χ4v) is 3.13. The summed E-state index contributed by atoms with van der Waals surface area (Å²) in [5, 5.41) is 4.77. The van der Waals surface area contributed by atoms with Gasteiger partial charge in [-0.3, -0.25) is 4.79 Å². The number of nitrogens with one attached hydrogen (secondary N) is 1. The van der Waals surface area contributed by atoms with Crippen LogP contribution in [-0.4, -0.2) is 24.2 Å². The molecule has 0 bridgehead atoms. The van der Waals surface area contributed by atoms with Crippen LogP contribution in [0.2, 0.25) is 0 Å². The van der Waals surface area contributed by atoms with E-state index in [9.17, 15) is 9.18 Å². The Kier molecular flexibility index (Phi) is 5.48. The second-order valence-electron chi connectivity index (χ2n) is 6.52. The molecule has 0 saturated carbocycles. The summed E-state index contributed by atoms with van der Waals surface area (Å²) in [5.41, 5.74) is 5.69. The molecule has 1 aromatic heterocycles. The van der Waals surface area contributed by atoms with Gasteiger partial charge in [-0.2, -0.15) is 5.10 Å². The fraction of sp³-hybridized carbons (Fsp3) is 0.0417. The van der Waals surface area contributed by atoms with Crippen molar-refractivity contribution in [1.82, 2.24) is 10.4 Å². The highest BCUT2D eigenvalue weighted by Crippen LogP contribution is 2.25. The van der Waals surface area contributed by atoms with E-state index in [-0.39, 0.29) is 11.7 Å². The summed E-state index contributed by atoms with van der Waals surface area (Å²) in [6.45, 7) is 0. The first-order chi connectivity index (χ1) is 14.7. The van der Waals surface area contributed by atoms with E-state index in [4.69, 9.17) is 4.74 Å². The van der Waals surface area contributed by atoms with Crippen molar-refractivity contribution in [2.75, 3.05) is 7.11 Å². The summed E-state index contributed by atoms with van der Waals surface area (Å²) >= 11 is 0. The monoisotopic (exact) mass is 399 g/mol. The van der Waals surface area contributed by atoms with Crippen molar-refractivity contribution >= 4 is 23.0 Å². The molecule has 0 radical (unpaired) electrons. The van der Waals surface area contributed by atoms with Crippen LogP contribution in [0, 0.1) is 5.82 Å². The molecule has 0 atom stereocenters. The zero-order valence-corrected chi connectivity index (χ0v) is 16.2. The number of halogens is 1. The van der Waals surface area contributed by atoms with Crippen LogP contribution in [0.4, 0.5) is 4.39 Å². The number of carbonyl (C=O) groups excluding carboxylic acids is 1. The van der Waals surface area contributed by atoms with Crippen LogP contribution in [0.3, 0.4) is 0 Å². The molecule has 3 aromatic carbocycles. The molecule has 6 heteroatoms. The number of carbonyl (C=O) groups is 1. The number of fused-ring (bicyclic) bond motifs is 1. The van der Waals surface area contributed by atoms with Crippen LogP contribution in [0.15, 0.2) is 84.0 Å². The highest BCUT2D eigenvalue weighted by atomic mass is 19.1. The number of rotatable bonds is 5. The van der Waals surface area contributed by atoms with Gasteiger partial charge in [-0.15, -0.1) is 0 Å². The molecule has 4 rings (SSSR count). The minimum atomic E-state index is -0.372. The van der Waals surface area contributed by atoms with Gasteiger partial charge in [0.1, 0.15) is 11.6 Å². The Morgan fingerprint density at radius 3 is 2.57 bits per heavy atom. The van der Waals surface area contributed by atoms with Crippen molar-refractivity contribution in [2.24, 2.45) is 5.10 Å². The lowest BCUT2D eigenvalue weighted by Gasteiger charge is -2.09. The van der Waals surface area contributed by atoms with E-state index in [2.05, 4.69) is 15.5 Å². The Balaban J connectivity index is 1.67. The molecular formula is C24H18FN3O2. The molecule has 0 aliphatic carbocycles. The van der Waals surface area contributed by atoms with Crippen LogP contribution >= 0.6 is 0 Å². The van der Waals surface area contributed by atoms with Gasteiger partial charge in [0.25, 0.3) is 5.91 Å². The first-order valence-electron chi connectivity index (χ1n) is 9.28. The smallest absolute Gasteiger partial charge is 0.272 e. The van der Waals surface area contributed by atoms with Crippen LogP contribution in [0.25, 0.3) is 22.2 Å². The normalized spacial score (nSPS) is 11.0. The van der Waals surface area contributed by atoms with Crippen molar-refractivity contribution in [3.63, 3.8) is 0 Å². The maximum atomic E-state index is 13.3. The Morgan fingerprint density at radius 2 is 1.77 bits per heavy atom. The van der Waals surface area contributed by atoms with E-state index >= 15 is 0 Å². The van der Waals surface area contributed by atoms with E-state index < -0.39 is 0 Å². The number of ether oxygens (including phenoxy) is 1. The van der Waals surface area contributed by atoms with Gasteiger partial charge < -0.3 is 4.74 Å². The number of hydrogen-bond donors (Lipinski definition) is 1. The summed E-state index contributed by atoms with van der Waals surface area (Å²) in [4.78, 5) is 17.5. The van der Waals surface area contributed by atoms with E-state index in [1.54, 1.807) is 25.3 Å². The highest BCUT2D eigenvalue weighted by molar-refractivity contribution is 6.07. The minimum Gasteiger partial charge on any atom is -0.496 e. The highest BCUT2D eigenvalue weighted by Gasteiger charge is 2.13. The Labute approximate surface area is 172 Å². The zero-order chi connectivity index (χ0) is 20.9. The number of hydrazone groups is 1. The zero-order valence-electron chi connectivity index (χ0n) is 16.2. The molecule has 148 valence electrons. The molecule has 1 heterocycles. The molecule has 0 unspecified atom stereocenters. The third-order valence-corrected chi connectivity index (χ3v) is 4.61. The van der Waals surface area contributed by atoms with Crippen LogP contribution in [-0.2, 0) is 0 Å². The Hall–Kier alpha value is -4.06. The van der Waals surface area contributed by atoms with E-state index in [1.807, 2.05) is 48.5 Å². The fourth-order valence-electron chi connectivity index (χ4n) is 3.13. The first kappa shape index (κ1) is 19.3. The maximum absolute atomic E-state index is 13.3. The van der Waals surface area contributed by atoms with Crippen molar-refractivity contribution in [3.8, 4) is 17.0 Å². The average Bonchev–Trinajstić information content (AvgIpc) is 2.79. The molecular weight excluding hydrogens is 381 g/mol. The number of benzene rings is 3. The van der Waals surface area contributed by atoms with Crippen molar-refractivity contribution in [2.45, 2.75) is 0 Å². The van der Waals surface area contributed by atoms with Crippen LogP contribution in [0.1, 0.15) is 15.9 Å².